The van der Waals surface area contributed by atoms with Crippen molar-refractivity contribution >= 4 is 5.69 Å². The summed E-state index contributed by atoms with van der Waals surface area (Å²) in [5.41, 5.74) is 2.04. The van der Waals surface area contributed by atoms with E-state index >= 15 is 0 Å². The first-order chi connectivity index (χ1) is 6.13. The molecular weight excluding hydrogens is 166 g/mol. The van der Waals surface area contributed by atoms with Crippen molar-refractivity contribution in [2.75, 3.05) is 18.5 Å². The molecule has 0 aromatic carbocycles. The van der Waals surface area contributed by atoms with Gasteiger partial charge in [0, 0.05) is 26.4 Å². The fourth-order valence-corrected chi connectivity index (χ4v) is 1.12. The molecule has 1 aromatic rings. The minimum absolute atomic E-state index is 0.215. The number of nitrogens with zero attached hydrogens (tertiary/aromatic N) is 2. The molecule has 0 aliphatic rings. The van der Waals surface area contributed by atoms with Gasteiger partial charge in [0.2, 0.25) is 0 Å². The molecule has 0 saturated heterocycles. The lowest BCUT2D eigenvalue weighted by Gasteiger charge is -2.09. The first-order valence-electron chi connectivity index (χ1n) is 4.48. The summed E-state index contributed by atoms with van der Waals surface area (Å²) in [6.45, 7) is 4.96. The van der Waals surface area contributed by atoms with Gasteiger partial charge in [-0.2, -0.15) is 5.10 Å². The van der Waals surface area contributed by atoms with E-state index in [9.17, 15) is 0 Å². The standard InChI is InChI=1S/C9H17N3O/c1-7(6-13)4-10-9-5-12(3)11-8(9)2/h5,7,10,13H,4,6H2,1-3H3. The van der Waals surface area contributed by atoms with Gasteiger partial charge < -0.3 is 10.4 Å². The number of aliphatic hydroxyl groups excluding tert-OH is 1. The average Bonchev–Trinajstić information content (AvgIpc) is 2.41. The number of hydrogen-bond acceptors (Lipinski definition) is 3. The van der Waals surface area contributed by atoms with Crippen molar-refractivity contribution in [2.24, 2.45) is 13.0 Å². The molecule has 2 N–H and O–H groups in total. The van der Waals surface area contributed by atoms with Crippen molar-refractivity contribution in [2.45, 2.75) is 13.8 Å². The molecule has 1 unspecified atom stereocenters. The highest BCUT2D eigenvalue weighted by Crippen LogP contribution is 2.11. The van der Waals surface area contributed by atoms with Crippen molar-refractivity contribution in [3.8, 4) is 0 Å². The Morgan fingerprint density at radius 2 is 2.38 bits per heavy atom. The van der Waals surface area contributed by atoms with Crippen molar-refractivity contribution in [1.29, 1.82) is 0 Å². The fourth-order valence-electron chi connectivity index (χ4n) is 1.12. The van der Waals surface area contributed by atoms with E-state index in [0.717, 1.165) is 17.9 Å². The highest BCUT2D eigenvalue weighted by Gasteiger charge is 2.04. The molecule has 1 atom stereocenters. The van der Waals surface area contributed by atoms with Crippen molar-refractivity contribution < 1.29 is 5.11 Å². The Bertz CT molecular complexity index is 270. The molecule has 0 amide bonds. The highest BCUT2D eigenvalue weighted by molar-refractivity contribution is 5.45. The third-order valence-electron chi connectivity index (χ3n) is 1.97. The van der Waals surface area contributed by atoms with E-state index < -0.39 is 0 Å². The zero-order valence-corrected chi connectivity index (χ0v) is 8.41. The smallest absolute Gasteiger partial charge is 0.0824 e. The summed E-state index contributed by atoms with van der Waals surface area (Å²) >= 11 is 0. The van der Waals surface area contributed by atoms with Crippen molar-refractivity contribution in [3.05, 3.63) is 11.9 Å². The first-order valence-corrected chi connectivity index (χ1v) is 4.48. The minimum atomic E-state index is 0.215. The number of aryl methyl sites for hydroxylation is 2. The van der Waals surface area contributed by atoms with Crippen molar-refractivity contribution in [1.82, 2.24) is 9.78 Å². The minimum Gasteiger partial charge on any atom is -0.396 e. The maximum Gasteiger partial charge on any atom is 0.0824 e. The second kappa shape index (κ2) is 4.28. The van der Waals surface area contributed by atoms with Crippen LogP contribution in [0.5, 0.6) is 0 Å². The molecule has 0 bridgehead atoms. The molecule has 1 heterocycles. The van der Waals surface area contributed by atoms with Crippen LogP contribution >= 0.6 is 0 Å². The Morgan fingerprint density at radius 1 is 1.69 bits per heavy atom. The molecular formula is C9H17N3O. The maximum atomic E-state index is 8.83. The maximum absolute atomic E-state index is 8.83. The molecule has 1 rings (SSSR count). The average molecular weight is 183 g/mol. The molecule has 74 valence electrons. The Balaban J connectivity index is 2.49. The van der Waals surface area contributed by atoms with E-state index in [0.29, 0.717) is 0 Å². The zero-order chi connectivity index (χ0) is 9.84. The predicted octanol–water partition coefficient (Wildman–Crippen LogP) is 0.769. The summed E-state index contributed by atoms with van der Waals surface area (Å²) in [6.07, 6.45) is 1.94. The molecule has 0 aliphatic carbocycles. The van der Waals surface area contributed by atoms with Crippen LogP contribution < -0.4 is 5.32 Å². The van der Waals surface area contributed by atoms with Gasteiger partial charge in [-0.25, -0.2) is 0 Å². The van der Waals surface area contributed by atoms with Gasteiger partial charge in [-0.1, -0.05) is 6.92 Å². The van der Waals surface area contributed by atoms with Crippen LogP contribution in [-0.4, -0.2) is 28.0 Å². The summed E-state index contributed by atoms with van der Waals surface area (Å²) in [6, 6.07) is 0. The lowest BCUT2D eigenvalue weighted by atomic mass is 10.2. The van der Waals surface area contributed by atoms with Gasteiger partial charge in [0.25, 0.3) is 0 Å². The van der Waals surface area contributed by atoms with Gasteiger partial charge in [-0.3, -0.25) is 4.68 Å². The normalized spacial score (nSPS) is 12.9. The van der Waals surface area contributed by atoms with E-state index in [1.807, 2.05) is 27.1 Å². The van der Waals surface area contributed by atoms with Crippen LogP contribution in [-0.2, 0) is 7.05 Å². The van der Waals surface area contributed by atoms with Gasteiger partial charge >= 0.3 is 0 Å². The first kappa shape index (κ1) is 10.1. The fraction of sp³-hybridized carbons (Fsp3) is 0.667. The zero-order valence-electron chi connectivity index (χ0n) is 8.41. The largest absolute Gasteiger partial charge is 0.396 e. The molecule has 0 radical (unpaired) electrons. The third kappa shape index (κ3) is 2.73. The van der Waals surface area contributed by atoms with Crippen molar-refractivity contribution in [3.63, 3.8) is 0 Å². The molecule has 4 nitrogen and oxygen atoms in total. The molecule has 0 spiro atoms. The van der Waals surface area contributed by atoms with Crippen LogP contribution in [0, 0.1) is 12.8 Å². The van der Waals surface area contributed by atoms with Gasteiger partial charge in [0.05, 0.1) is 11.4 Å². The van der Waals surface area contributed by atoms with E-state index in [4.69, 9.17) is 5.11 Å². The van der Waals surface area contributed by atoms with E-state index in [-0.39, 0.29) is 12.5 Å². The second-order valence-electron chi connectivity index (χ2n) is 3.47. The Morgan fingerprint density at radius 3 is 2.85 bits per heavy atom. The van der Waals surface area contributed by atoms with Gasteiger partial charge in [-0.05, 0) is 12.8 Å². The molecule has 4 heteroatoms. The number of hydrogen-bond donors (Lipinski definition) is 2. The number of aromatic nitrogens is 2. The summed E-state index contributed by atoms with van der Waals surface area (Å²) in [4.78, 5) is 0. The van der Waals surface area contributed by atoms with E-state index in [2.05, 4.69) is 10.4 Å². The quantitative estimate of drug-likeness (QED) is 0.725. The molecule has 0 aliphatic heterocycles. The summed E-state index contributed by atoms with van der Waals surface area (Å²) < 4.78 is 1.78. The van der Waals surface area contributed by atoms with Crippen LogP contribution in [0.3, 0.4) is 0 Å². The third-order valence-corrected chi connectivity index (χ3v) is 1.97. The molecule has 1 aromatic heterocycles. The number of nitrogens with one attached hydrogen (secondary N) is 1. The highest BCUT2D eigenvalue weighted by atomic mass is 16.3. The summed E-state index contributed by atoms with van der Waals surface area (Å²) in [7, 11) is 1.90. The molecule has 0 saturated carbocycles. The van der Waals surface area contributed by atoms with Crippen LogP contribution in [0.1, 0.15) is 12.6 Å². The van der Waals surface area contributed by atoms with Gasteiger partial charge in [-0.15, -0.1) is 0 Å². The lowest BCUT2D eigenvalue weighted by Crippen LogP contribution is -2.14. The summed E-state index contributed by atoms with van der Waals surface area (Å²) in [5.74, 6) is 0.277. The monoisotopic (exact) mass is 183 g/mol. The SMILES string of the molecule is Cc1nn(C)cc1NCC(C)CO. The molecule has 13 heavy (non-hydrogen) atoms. The predicted molar refractivity (Wildman–Crippen MR) is 52.7 cm³/mol. The lowest BCUT2D eigenvalue weighted by molar-refractivity contribution is 0.244. The topological polar surface area (TPSA) is 50.1 Å². The summed E-state index contributed by atoms with van der Waals surface area (Å²) in [5, 5.41) is 16.3. The van der Waals surface area contributed by atoms with E-state index in [1.165, 1.54) is 0 Å². The molecule has 0 fully saturated rings. The van der Waals surface area contributed by atoms with Crippen LogP contribution in [0.15, 0.2) is 6.20 Å². The number of aliphatic hydroxyl groups is 1. The Hall–Kier alpha value is -1.03. The van der Waals surface area contributed by atoms with Gasteiger partial charge in [0.15, 0.2) is 0 Å². The van der Waals surface area contributed by atoms with Crippen LogP contribution in [0.4, 0.5) is 5.69 Å². The van der Waals surface area contributed by atoms with Crippen LogP contribution in [0.25, 0.3) is 0 Å². The number of rotatable bonds is 4. The van der Waals surface area contributed by atoms with Gasteiger partial charge in [0.1, 0.15) is 0 Å². The Labute approximate surface area is 78.6 Å². The Kier molecular flexibility index (Phi) is 3.31. The van der Waals surface area contributed by atoms with Crippen LogP contribution in [0.2, 0.25) is 0 Å². The second-order valence-corrected chi connectivity index (χ2v) is 3.47. The van der Waals surface area contributed by atoms with E-state index in [1.54, 1.807) is 4.68 Å². The number of anilines is 1.